The second-order valence-electron chi connectivity index (χ2n) is 5.55. The highest BCUT2D eigenvalue weighted by molar-refractivity contribution is 5.85. The zero-order valence-corrected chi connectivity index (χ0v) is 12.0. The van der Waals surface area contributed by atoms with Crippen molar-refractivity contribution in [1.29, 1.82) is 0 Å². The summed E-state index contributed by atoms with van der Waals surface area (Å²) < 4.78 is 5.09. The van der Waals surface area contributed by atoms with Gasteiger partial charge in [0.2, 0.25) is 0 Å². The Morgan fingerprint density at radius 1 is 1.10 bits per heavy atom. The summed E-state index contributed by atoms with van der Waals surface area (Å²) in [5, 5.41) is 9.16. The van der Waals surface area contributed by atoms with Crippen LogP contribution >= 0.6 is 0 Å². The van der Waals surface area contributed by atoms with Gasteiger partial charge in [0.15, 0.2) is 0 Å². The van der Waals surface area contributed by atoms with E-state index < -0.39 is 5.41 Å². The number of carbonyl (C=O) groups excluding carboxylic acids is 1. The number of esters is 1. The van der Waals surface area contributed by atoms with Gasteiger partial charge in [0.05, 0.1) is 13.7 Å². The summed E-state index contributed by atoms with van der Waals surface area (Å²) in [7, 11) is 1.44. The van der Waals surface area contributed by atoms with Gasteiger partial charge in [-0.2, -0.15) is 0 Å². The van der Waals surface area contributed by atoms with E-state index in [1.807, 2.05) is 36.4 Å². The van der Waals surface area contributed by atoms with E-state index >= 15 is 0 Å². The van der Waals surface area contributed by atoms with Gasteiger partial charge in [0, 0.05) is 0 Å². The third kappa shape index (κ3) is 2.24. The van der Waals surface area contributed by atoms with Crippen LogP contribution in [0.25, 0.3) is 0 Å². The van der Waals surface area contributed by atoms with Crippen LogP contribution in [0.4, 0.5) is 0 Å². The maximum absolute atomic E-state index is 12.5. The summed E-state index contributed by atoms with van der Waals surface area (Å²) in [6.07, 6.45) is 1.32. The molecule has 0 heterocycles. The van der Waals surface area contributed by atoms with Crippen LogP contribution in [0, 0.1) is 0 Å². The zero-order valence-electron chi connectivity index (χ0n) is 12.0. The van der Waals surface area contributed by atoms with Crippen LogP contribution in [0.3, 0.4) is 0 Å². The topological polar surface area (TPSA) is 46.5 Å². The molecule has 3 heteroatoms. The Morgan fingerprint density at radius 3 is 2.14 bits per heavy atom. The number of hydrogen-bond donors (Lipinski definition) is 1. The fourth-order valence-corrected chi connectivity index (χ4v) is 3.21. The van der Waals surface area contributed by atoms with E-state index in [9.17, 15) is 4.79 Å². The minimum absolute atomic E-state index is 0.00568. The SMILES string of the molecule is COC(=O)C1(c2ccc(CO)cc2)Cc2ccccc2C1. The maximum Gasteiger partial charge on any atom is 0.316 e. The van der Waals surface area contributed by atoms with Gasteiger partial charge in [-0.3, -0.25) is 4.79 Å². The predicted molar refractivity (Wildman–Crippen MR) is 79.9 cm³/mol. The van der Waals surface area contributed by atoms with Gasteiger partial charge < -0.3 is 9.84 Å². The quantitative estimate of drug-likeness (QED) is 0.879. The number of methoxy groups -OCH3 is 1. The summed E-state index contributed by atoms with van der Waals surface area (Å²) in [4.78, 5) is 12.5. The second kappa shape index (κ2) is 5.34. The van der Waals surface area contributed by atoms with Gasteiger partial charge in [-0.25, -0.2) is 0 Å². The van der Waals surface area contributed by atoms with Gasteiger partial charge >= 0.3 is 5.97 Å². The van der Waals surface area contributed by atoms with Gasteiger partial charge in [0.1, 0.15) is 5.41 Å². The second-order valence-corrected chi connectivity index (χ2v) is 5.55. The van der Waals surface area contributed by atoms with E-state index in [0.717, 1.165) is 11.1 Å². The molecule has 0 unspecified atom stereocenters. The molecule has 0 radical (unpaired) electrons. The first kappa shape index (κ1) is 13.8. The van der Waals surface area contributed by atoms with Crippen LogP contribution in [0.15, 0.2) is 48.5 Å². The molecule has 2 aromatic rings. The third-order valence-corrected chi connectivity index (χ3v) is 4.37. The summed E-state index contributed by atoms with van der Waals surface area (Å²) in [6, 6.07) is 15.7. The maximum atomic E-state index is 12.5. The van der Waals surface area contributed by atoms with Gasteiger partial charge in [0.25, 0.3) is 0 Å². The number of carbonyl (C=O) groups is 1. The molecule has 0 bridgehead atoms. The van der Waals surface area contributed by atoms with Crippen molar-refractivity contribution in [2.75, 3.05) is 7.11 Å². The molecular weight excluding hydrogens is 264 g/mol. The molecule has 1 N–H and O–H groups in total. The van der Waals surface area contributed by atoms with Crippen molar-refractivity contribution in [1.82, 2.24) is 0 Å². The average Bonchev–Trinajstić information content (AvgIpc) is 2.94. The molecule has 3 nitrogen and oxygen atoms in total. The van der Waals surface area contributed by atoms with Gasteiger partial charge in [-0.1, -0.05) is 48.5 Å². The fourth-order valence-electron chi connectivity index (χ4n) is 3.21. The van der Waals surface area contributed by atoms with Crippen molar-refractivity contribution in [3.8, 4) is 0 Å². The third-order valence-electron chi connectivity index (χ3n) is 4.37. The highest BCUT2D eigenvalue weighted by Gasteiger charge is 2.46. The highest BCUT2D eigenvalue weighted by atomic mass is 16.5. The normalized spacial score (nSPS) is 15.5. The minimum Gasteiger partial charge on any atom is -0.468 e. The lowest BCUT2D eigenvalue weighted by atomic mass is 9.77. The zero-order chi connectivity index (χ0) is 14.9. The lowest BCUT2D eigenvalue weighted by Crippen LogP contribution is -2.37. The number of rotatable bonds is 3. The number of benzene rings is 2. The van der Waals surface area contributed by atoms with Gasteiger partial charge in [-0.15, -0.1) is 0 Å². The van der Waals surface area contributed by atoms with Crippen LogP contribution in [0.2, 0.25) is 0 Å². The van der Waals surface area contributed by atoms with Crippen molar-refractivity contribution in [3.63, 3.8) is 0 Å². The largest absolute Gasteiger partial charge is 0.468 e. The molecule has 2 aromatic carbocycles. The Labute approximate surface area is 124 Å². The van der Waals surface area contributed by atoms with Crippen molar-refractivity contribution in [2.45, 2.75) is 24.9 Å². The molecule has 0 amide bonds. The molecule has 1 aliphatic carbocycles. The van der Waals surface area contributed by atoms with Crippen LogP contribution in [0.1, 0.15) is 22.3 Å². The summed E-state index contributed by atoms with van der Waals surface area (Å²) in [5.74, 6) is -0.199. The molecule has 0 atom stereocenters. The fraction of sp³-hybridized carbons (Fsp3) is 0.278. The number of aliphatic hydroxyl groups is 1. The van der Waals surface area contributed by atoms with Crippen LogP contribution in [0.5, 0.6) is 0 Å². The number of aliphatic hydroxyl groups excluding tert-OH is 1. The van der Waals surface area contributed by atoms with Crippen molar-refractivity contribution < 1.29 is 14.6 Å². The number of fused-ring (bicyclic) bond motifs is 1. The Morgan fingerprint density at radius 2 is 1.67 bits per heavy atom. The molecule has 0 saturated heterocycles. The van der Waals surface area contributed by atoms with E-state index in [2.05, 4.69) is 12.1 Å². The standard InChI is InChI=1S/C18H18O3/c1-21-17(20)18(16-8-6-13(12-19)7-9-16)10-14-4-2-3-5-15(14)11-18/h2-9,19H,10-12H2,1H3. The van der Waals surface area contributed by atoms with Gasteiger partial charge in [-0.05, 0) is 35.1 Å². The molecule has 0 saturated carbocycles. The number of hydrogen-bond acceptors (Lipinski definition) is 3. The van der Waals surface area contributed by atoms with Crippen LogP contribution < -0.4 is 0 Å². The molecule has 108 valence electrons. The van der Waals surface area contributed by atoms with Crippen molar-refractivity contribution in [2.24, 2.45) is 0 Å². The van der Waals surface area contributed by atoms with E-state index in [-0.39, 0.29) is 12.6 Å². The van der Waals surface area contributed by atoms with E-state index in [1.54, 1.807) is 0 Å². The molecule has 0 spiro atoms. The Balaban J connectivity index is 2.05. The molecule has 1 aliphatic rings. The summed E-state index contributed by atoms with van der Waals surface area (Å²) >= 11 is 0. The average molecular weight is 282 g/mol. The highest BCUT2D eigenvalue weighted by Crippen LogP contribution is 2.40. The Kier molecular flexibility index (Phi) is 3.52. The first-order valence-corrected chi connectivity index (χ1v) is 7.05. The first-order chi connectivity index (χ1) is 10.2. The molecule has 0 aliphatic heterocycles. The minimum atomic E-state index is -0.646. The summed E-state index contributed by atoms with van der Waals surface area (Å²) in [6.45, 7) is 0.00568. The Bertz CT molecular complexity index is 633. The van der Waals surface area contributed by atoms with Crippen LogP contribution in [-0.4, -0.2) is 18.2 Å². The molecular formula is C18H18O3. The lowest BCUT2D eigenvalue weighted by molar-refractivity contribution is -0.147. The van der Waals surface area contributed by atoms with E-state index in [1.165, 1.54) is 18.2 Å². The van der Waals surface area contributed by atoms with Crippen LogP contribution in [-0.2, 0) is 34.4 Å². The van der Waals surface area contributed by atoms with Crippen molar-refractivity contribution in [3.05, 3.63) is 70.8 Å². The lowest BCUT2D eigenvalue weighted by Gasteiger charge is -2.26. The van der Waals surface area contributed by atoms with E-state index in [0.29, 0.717) is 12.8 Å². The molecule has 21 heavy (non-hydrogen) atoms. The van der Waals surface area contributed by atoms with Crippen molar-refractivity contribution >= 4 is 5.97 Å². The number of ether oxygens (including phenoxy) is 1. The Hall–Kier alpha value is -2.13. The smallest absolute Gasteiger partial charge is 0.316 e. The first-order valence-electron chi connectivity index (χ1n) is 7.05. The molecule has 3 rings (SSSR count). The van der Waals surface area contributed by atoms with E-state index in [4.69, 9.17) is 9.84 Å². The molecule has 0 aromatic heterocycles. The molecule has 0 fully saturated rings. The summed E-state index contributed by atoms with van der Waals surface area (Å²) in [5.41, 5.74) is 3.55. The monoisotopic (exact) mass is 282 g/mol. The predicted octanol–water partition coefficient (Wildman–Crippen LogP) is 2.39.